The second-order valence-corrected chi connectivity index (χ2v) is 7.02. The Bertz CT molecular complexity index is 1510. The van der Waals surface area contributed by atoms with Gasteiger partial charge in [0.05, 0.1) is 5.69 Å². The Labute approximate surface area is 177 Å². The standard InChI is InChI=1S/C25H17N3O3/c1-2-23(29)27-18-6-3-7-19(14-18)28-24(30)11-10-22-25(28)20-13-16(8-9-21(20)31-22)17-5-4-12-26-15-17/h2-15H,1H2,(H,27,29). The smallest absolute Gasteiger partial charge is 0.255 e. The average Bonchev–Trinajstić information content (AvgIpc) is 3.17. The quantitative estimate of drug-likeness (QED) is 0.429. The van der Waals surface area contributed by atoms with E-state index in [1.54, 1.807) is 41.2 Å². The lowest BCUT2D eigenvalue weighted by Crippen LogP contribution is -2.17. The van der Waals surface area contributed by atoms with Gasteiger partial charge in [0.25, 0.3) is 5.56 Å². The van der Waals surface area contributed by atoms with Gasteiger partial charge in [-0.25, -0.2) is 0 Å². The Hall–Kier alpha value is -4.45. The molecule has 6 nitrogen and oxygen atoms in total. The molecule has 5 rings (SSSR count). The minimum Gasteiger partial charge on any atom is -0.454 e. The molecule has 0 aliphatic rings. The lowest BCUT2D eigenvalue weighted by Gasteiger charge is -2.10. The molecule has 1 amide bonds. The van der Waals surface area contributed by atoms with E-state index in [0.717, 1.165) is 16.5 Å². The second-order valence-electron chi connectivity index (χ2n) is 7.02. The molecule has 0 fully saturated rings. The van der Waals surface area contributed by atoms with E-state index in [0.29, 0.717) is 28.1 Å². The fourth-order valence-electron chi connectivity index (χ4n) is 3.66. The number of aromatic nitrogens is 2. The predicted octanol–water partition coefficient (Wildman–Crippen LogP) is 4.92. The van der Waals surface area contributed by atoms with Crippen molar-refractivity contribution in [2.45, 2.75) is 0 Å². The van der Waals surface area contributed by atoms with Crippen LogP contribution in [-0.4, -0.2) is 15.5 Å². The summed E-state index contributed by atoms with van der Waals surface area (Å²) in [6, 6.07) is 20.0. The average molecular weight is 407 g/mol. The van der Waals surface area contributed by atoms with Crippen molar-refractivity contribution in [2.75, 3.05) is 5.32 Å². The Morgan fingerprint density at radius 1 is 1.00 bits per heavy atom. The topological polar surface area (TPSA) is 77.1 Å². The monoisotopic (exact) mass is 407 g/mol. The molecule has 3 heterocycles. The van der Waals surface area contributed by atoms with Crippen molar-refractivity contribution in [1.82, 2.24) is 9.55 Å². The van der Waals surface area contributed by atoms with Gasteiger partial charge in [-0.15, -0.1) is 0 Å². The van der Waals surface area contributed by atoms with Gasteiger partial charge in [-0.2, -0.15) is 0 Å². The van der Waals surface area contributed by atoms with Crippen molar-refractivity contribution in [1.29, 1.82) is 0 Å². The largest absolute Gasteiger partial charge is 0.454 e. The number of nitrogens with one attached hydrogen (secondary N) is 1. The molecule has 0 saturated heterocycles. The van der Waals surface area contributed by atoms with E-state index in [9.17, 15) is 9.59 Å². The summed E-state index contributed by atoms with van der Waals surface area (Å²) in [7, 11) is 0. The summed E-state index contributed by atoms with van der Waals surface area (Å²) in [4.78, 5) is 28.8. The molecular weight excluding hydrogens is 390 g/mol. The molecule has 31 heavy (non-hydrogen) atoms. The van der Waals surface area contributed by atoms with Crippen LogP contribution in [-0.2, 0) is 4.79 Å². The fraction of sp³-hybridized carbons (Fsp3) is 0. The highest BCUT2D eigenvalue weighted by Gasteiger charge is 2.15. The predicted molar refractivity (Wildman–Crippen MR) is 121 cm³/mol. The molecule has 150 valence electrons. The minimum absolute atomic E-state index is 0.200. The van der Waals surface area contributed by atoms with Gasteiger partial charge in [-0.05, 0) is 54.1 Å². The van der Waals surface area contributed by atoms with Crippen LogP contribution in [0.1, 0.15) is 0 Å². The highest BCUT2D eigenvalue weighted by molar-refractivity contribution is 6.05. The molecule has 0 spiro atoms. The van der Waals surface area contributed by atoms with Crippen molar-refractivity contribution in [2.24, 2.45) is 0 Å². The van der Waals surface area contributed by atoms with Crippen molar-refractivity contribution < 1.29 is 9.21 Å². The molecule has 0 aliphatic heterocycles. The number of benzene rings is 2. The van der Waals surface area contributed by atoms with E-state index < -0.39 is 0 Å². The van der Waals surface area contributed by atoms with E-state index >= 15 is 0 Å². The number of carbonyl (C=O) groups excluding carboxylic acids is 1. The maximum atomic E-state index is 12.9. The summed E-state index contributed by atoms with van der Waals surface area (Å²) in [5.41, 5.74) is 4.86. The van der Waals surface area contributed by atoms with Crippen LogP contribution in [0.3, 0.4) is 0 Å². The van der Waals surface area contributed by atoms with Gasteiger partial charge in [0.2, 0.25) is 5.91 Å². The van der Waals surface area contributed by atoms with Crippen LogP contribution < -0.4 is 10.9 Å². The van der Waals surface area contributed by atoms with E-state index in [-0.39, 0.29) is 11.5 Å². The van der Waals surface area contributed by atoms with Crippen LogP contribution in [0.4, 0.5) is 5.69 Å². The number of hydrogen-bond acceptors (Lipinski definition) is 4. The zero-order valence-electron chi connectivity index (χ0n) is 16.4. The molecule has 0 radical (unpaired) electrons. The minimum atomic E-state index is -0.322. The lowest BCUT2D eigenvalue weighted by molar-refractivity contribution is -0.111. The SMILES string of the molecule is C=CC(=O)Nc1cccc(-n2c(=O)ccc3oc4ccc(-c5cccnc5)cc4c32)c1. The Balaban J connectivity index is 1.76. The summed E-state index contributed by atoms with van der Waals surface area (Å²) >= 11 is 0. The Kier molecular flexibility index (Phi) is 4.45. The molecule has 5 aromatic rings. The van der Waals surface area contributed by atoms with E-state index in [4.69, 9.17) is 4.42 Å². The second kappa shape index (κ2) is 7.42. The molecule has 2 aromatic carbocycles. The van der Waals surface area contributed by atoms with Crippen LogP contribution in [0, 0.1) is 0 Å². The summed E-state index contributed by atoms with van der Waals surface area (Å²) in [6.07, 6.45) is 4.72. The number of furan rings is 1. The van der Waals surface area contributed by atoms with Crippen LogP contribution in [0.2, 0.25) is 0 Å². The van der Waals surface area contributed by atoms with E-state index in [2.05, 4.69) is 16.9 Å². The molecule has 0 unspecified atom stereocenters. The van der Waals surface area contributed by atoms with Crippen LogP contribution in [0.15, 0.2) is 101 Å². The molecule has 6 heteroatoms. The van der Waals surface area contributed by atoms with Gasteiger partial charge in [-0.3, -0.25) is 19.1 Å². The molecule has 0 saturated carbocycles. The van der Waals surface area contributed by atoms with Gasteiger partial charge in [-0.1, -0.05) is 24.8 Å². The zero-order valence-corrected chi connectivity index (χ0v) is 16.4. The molecule has 0 bridgehead atoms. The third kappa shape index (κ3) is 3.30. The van der Waals surface area contributed by atoms with Crippen molar-refractivity contribution in [3.8, 4) is 16.8 Å². The molecule has 0 atom stereocenters. The number of amides is 1. The number of hydrogen-bond donors (Lipinski definition) is 1. The maximum absolute atomic E-state index is 12.9. The highest BCUT2D eigenvalue weighted by atomic mass is 16.3. The number of nitrogens with zero attached hydrogens (tertiary/aromatic N) is 2. The first-order valence-corrected chi connectivity index (χ1v) is 9.66. The summed E-state index contributed by atoms with van der Waals surface area (Å²) in [5, 5.41) is 3.54. The summed E-state index contributed by atoms with van der Waals surface area (Å²) in [5.74, 6) is -0.322. The third-order valence-electron chi connectivity index (χ3n) is 5.06. The first kappa shape index (κ1) is 18.6. The third-order valence-corrected chi connectivity index (χ3v) is 5.06. The number of carbonyl (C=O) groups is 1. The highest BCUT2D eigenvalue weighted by Crippen LogP contribution is 2.33. The van der Waals surface area contributed by atoms with Crippen molar-refractivity contribution >= 4 is 33.7 Å². The van der Waals surface area contributed by atoms with E-state index in [1.807, 2.05) is 36.4 Å². The molecular formula is C25H17N3O3. The molecule has 0 aliphatic carbocycles. The van der Waals surface area contributed by atoms with Crippen molar-refractivity contribution in [3.63, 3.8) is 0 Å². The summed E-state index contributed by atoms with van der Waals surface area (Å²) in [6.45, 7) is 3.47. The Morgan fingerprint density at radius 2 is 1.87 bits per heavy atom. The van der Waals surface area contributed by atoms with Gasteiger partial charge < -0.3 is 9.73 Å². The van der Waals surface area contributed by atoms with Gasteiger partial charge in [0.1, 0.15) is 11.1 Å². The first-order chi connectivity index (χ1) is 15.1. The molecule has 1 N–H and O–H groups in total. The van der Waals surface area contributed by atoms with Crippen LogP contribution in [0.25, 0.3) is 38.9 Å². The van der Waals surface area contributed by atoms with Gasteiger partial charge in [0, 0.05) is 35.1 Å². The zero-order chi connectivity index (χ0) is 21.4. The molecule has 3 aromatic heterocycles. The maximum Gasteiger partial charge on any atom is 0.255 e. The number of anilines is 1. The first-order valence-electron chi connectivity index (χ1n) is 9.66. The van der Waals surface area contributed by atoms with Crippen LogP contribution >= 0.6 is 0 Å². The fourth-order valence-corrected chi connectivity index (χ4v) is 3.66. The number of pyridine rings is 2. The van der Waals surface area contributed by atoms with Gasteiger partial charge in [0.15, 0.2) is 5.58 Å². The summed E-state index contributed by atoms with van der Waals surface area (Å²) < 4.78 is 7.61. The Morgan fingerprint density at radius 3 is 2.68 bits per heavy atom. The number of rotatable bonds is 4. The normalized spacial score (nSPS) is 11.0. The number of fused-ring (bicyclic) bond motifs is 3. The van der Waals surface area contributed by atoms with E-state index in [1.165, 1.54) is 12.1 Å². The van der Waals surface area contributed by atoms with Gasteiger partial charge >= 0.3 is 0 Å². The lowest BCUT2D eigenvalue weighted by atomic mass is 10.1. The van der Waals surface area contributed by atoms with Crippen molar-refractivity contribution in [3.05, 3.63) is 102 Å². The van der Waals surface area contributed by atoms with Crippen LogP contribution in [0.5, 0.6) is 0 Å².